The number of rotatable bonds is 6. The lowest BCUT2D eigenvalue weighted by molar-refractivity contribution is -0.121. The minimum Gasteiger partial charge on any atom is -0.382 e. The number of amides is 1. The number of ether oxygens (including phenoxy) is 2. The highest BCUT2D eigenvalue weighted by Crippen LogP contribution is 2.16. The Hall–Kier alpha value is -0.660. The SMILES string of the molecule is COCCOCC(=O)Nc1ccccc1I. The Morgan fingerprint density at radius 2 is 2.12 bits per heavy atom. The van der Waals surface area contributed by atoms with Crippen molar-refractivity contribution >= 4 is 34.2 Å². The number of anilines is 1. The van der Waals surface area contributed by atoms with Gasteiger partial charge in [0.15, 0.2) is 0 Å². The molecule has 0 aliphatic heterocycles. The van der Waals surface area contributed by atoms with E-state index in [0.717, 1.165) is 9.26 Å². The summed E-state index contributed by atoms with van der Waals surface area (Å²) in [6.45, 7) is 0.973. The van der Waals surface area contributed by atoms with Crippen LogP contribution < -0.4 is 5.32 Å². The lowest BCUT2D eigenvalue weighted by Gasteiger charge is -2.07. The molecule has 0 saturated carbocycles. The van der Waals surface area contributed by atoms with E-state index >= 15 is 0 Å². The largest absolute Gasteiger partial charge is 0.382 e. The molecule has 5 heteroatoms. The third-order valence-electron chi connectivity index (χ3n) is 1.81. The van der Waals surface area contributed by atoms with Gasteiger partial charge in [0.05, 0.1) is 18.9 Å². The second-order valence-corrected chi connectivity index (χ2v) is 4.24. The van der Waals surface area contributed by atoms with E-state index in [1.54, 1.807) is 7.11 Å². The first-order valence-corrected chi connectivity index (χ1v) is 5.93. The van der Waals surface area contributed by atoms with Gasteiger partial charge >= 0.3 is 0 Å². The van der Waals surface area contributed by atoms with Crippen LogP contribution in [0, 0.1) is 3.57 Å². The first kappa shape index (κ1) is 13.4. The van der Waals surface area contributed by atoms with Crippen LogP contribution in [-0.2, 0) is 14.3 Å². The van der Waals surface area contributed by atoms with Crippen molar-refractivity contribution in [1.82, 2.24) is 0 Å². The zero-order valence-corrected chi connectivity index (χ0v) is 11.2. The van der Waals surface area contributed by atoms with Crippen LogP contribution in [0.3, 0.4) is 0 Å². The van der Waals surface area contributed by atoms with Gasteiger partial charge in [0.1, 0.15) is 6.61 Å². The molecule has 88 valence electrons. The number of methoxy groups -OCH3 is 1. The Bertz CT molecular complexity index is 344. The minimum atomic E-state index is -0.153. The molecule has 0 aromatic heterocycles. The average molecular weight is 335 g/mol. The molecule has 16 heavy (non-hydrogen) atoms. The van der Waals surface area contributed by atoms with Crippen LogP contribution >= 0.6 is 22.6 Å². The quantitative estimate of drug-likeness (QED) is 0.638. The van der Waals surface area contributed by atoms with Crippen LogP contribution in [0.5, 0.6) is 0 Å². The van der Waals surface area contributed by atoms with Crippen molar-refractivity contribution in [2.45, 2.75) is 0 Å². The van der Waals surface area contributed by atoms with Gasteiger partial charge in [-0.3, -0.25) is 4.79 Å². The maximum atomic E-state index is 11.4. The number of nitrogens with one attached hydrogen (secondary N) is 1. The summed E-state index contributed by atoms with van der Waals surface area (Å²) in [6, 6.07) is 7.59. The Morgan fingerprint density at radius 3 is 2.81 bits per heavy atom. The van der Waals surface area contributed by atoms with Gasteiger partial charge in [-0.05, 0) is 34.7 Å². The summed E-state index contributed by atoms with van der Waals surface area (Å²) in [4.78, 5) is 11.4. The van der Waals surface area contributed by atoms with E-state index in [2.05, 4.69) is 27.9 Å². The monoisotopic (exact) mass is 335 g/mol. The summed E-state index contributed by atoms with van der Waals surface area (Å²) in [7, 11) is 1.59. The zero-order valence-electron chi connectivity index (χ0n) is 9.03. The fraction of sp³-hybridized carbons (Fsp3) is 0.364. The third kappa shape index (κ3) is 4.91. The number of carbonyl (C=O) groups is 1. The van der Waals surface area contributed by atoms with E-state index in [0.29, 0.717) is 13.2 Å². The fourth-order valence-electron chi connectivity index (χ4n) is 1.06. The van der Waals surface area contributed by atoms with Crippen LogP contribution in [0.15, 0.2) is 24.3 Å². The maximum Gasteiger partial charge on any atom is 0.250 e. The molecule has 0 aliphatic carbocycles. The van der Waals surface area contributed by atoms with Crippen molar-refractivity contribution in [3.05, 3.63) is 27.8 Å². The number of hydrogen-bond acceptors (Lipinski definition) is 3. The molecular weight excluding hydrogens is 321 g/mol. The van der Waals surface area contributed by atoms with E-state index < -0.39 is 0 Å². The molecule has 1 aromatic rings. The predicted octanol–water partition coefficient (Wildman–Crippen LogP) is 1.89. The molecule has 0 aliphatic rings. The molecule has 0 radical (unpaired) electrons. The van der Waals surface area contributed by atoms with Crippen molar-refractivity contribution in [1.29, 1.82) is 0 Å². The van der Waals surface area contributed by atoms with Gasteiger partial charge < -0.3 is 14.8 Å². The van der Waals surface area contributed by atoms with Crippen molar-refractivity contribution < 1.29 is 14.3 Å². The zero-order chi connectivity index (χ0) is 11.8. The molecule has 0 atom stereocenters. The Balaban J connectivity index is 2.32. The minimum absolute atomic E-state index is 0.0499. The molecule has 0 spiro atoms. The number of halogens is 1. The molecule has 0 unspecified atom stereocenters. The van der Waals surface area contributed by atoms with E-state index in [1.165, 1.54) is 0 Å². The molecule has 4 nitrogen and oxygen atoms in total. The Labute approximate surface area is 108 Å². The number of benzene rings is 1. The fourth-order valence-corrected chi connectivity index (χ4v) is 1.58. The first-order valence-electron chi connectivity index (χ1n) is 4.85. The van der Waals surface area contributed by atoms with E-state index in [-0.39, 0.29) is 12.5 Å². The van der Waals surface area contributed by atoms with Gasteiger partial charge in [-0.1, -0.05) is 12.1 Å². The van der Waals surface area contributed by atoms with Crippen molar-refractivity contribution in [3.8, 4) is 0 Å². The summed E-state index contributed by atoms with van der Waals surface area (Å²) in [6.07, 6.45) is 0. The lowest BCUT2D eigenvalue weighted by atomic mass is 10.3. The molecule has 0 heterocycles. The topological polar surface area (TPSA) is 47.6 Å². The molecule has 0 saturated heterocycles. The van der Waals surface area contributed by atoms with Crippen LogP contribution in [0.4, 0.5) is 5.69 Å². The smallest absolute Gasteiger partial charge is 0.250 e. The number of para-hydroxylation sites is 1. The first-order chi connectivity index (χ1) is 7.74. The third-order valence-corrected chi connectivity index (χ3v) is 2.75. The molecule has 1 rings (SSSR count). The normalized spacial score (nSPS) is 10.1. The van der Waals surface area contributed by atoms with E-state index in [1.807, 2.05) is 24.3 Å². The second-order valence-electron chi connectivity index (χ2n) is 3.07. The van der Waals surface area contributed by atoms with E-state index in [9.17, 15) is 4.79 Å². The van der Waals surface area contributed by atoms with Crippen molar-refractivity contribution in [3.63, 3.8) is 0 Å². The van der Waals surface area contributed by atoms with Gasteiger partial charge in [-0.25, -0.2) is 0 Å². The van der Waals surface area contributed by atoms with Gasteiger partial charge in [-0.2, -0.15) is 0 Å². The van der Waals surface area contributed by atoms with Gasteiger partial charge in [0, 0.05) is 10.7 Å². The highest BCUT2D eigenvalue weighted by molar-refractivity contribution is 14.1. The maximum absolute atomic E-state index is 11.4. The second kappa shape index (κ2) is 7.59. The van der Waals surface area contributed by atoms with Crippen LogP contribution in [0.1, 0.15) is 0 Å². The Kier molecular flexibility index (Phi) is 6.36. The predicted molar refractivity (Wildman–Crippen MR) is 70.5 cm³/mol. The van der Waals surface area contributed by atoms with E-state index in [4.69, 9.17) is 9.47 Å². The number of carbonyl (C=O) groups excluding carboxylic acids is 1. The average Bonchev–Trinajstić information content (AvgIpc) is 2.28. The van der Waals surface area contributed by atoms with Crippen molar-refractivity contribution in [2.75, 3.05) is 32.2 Å². The number of hydrogen-bond donors (Lipinski definition) is 1. The standard InChI is InChI=1S/C11H14INO3/c1-15-6-7-16-8-11(14)13-10-5-3-2-4-9(10)12/h2-5H,6-8H2,1H3,(H,13,14). The molecule has 1 amide bonds. The van der Waals surface area contributed by atoms with Gasteiger partial charge in [0.2, 0.25) is 5.91 Å². The molecule has 1 aromatic carbocycles. The van der Waals surface area contributed by atoms with Crippen LogP contribution in [-0.4, -0.2) is 32.8 Å². The summed E-state index contributed by atoms with van der Waals surface area (Å²) >= 11 is 2.17. The summed E-state index contributed by atoms with van der Waals surface area (Å²) in [5, 5.41) is 2.77. The van der Waals surface area contributed by atoms with Crippen molar-refractivity contribution in [2.24, 2.45) is 0 Å². The van der Waals surface area contributed by atoms with Gasteiger partial charge in [-0.15, -0.1) is 0 Å². The summed E-state index contributed by atoms with van der Waals surface area (Å²) in [5.74, 6) is -0.153. The molecule has 0 bridgehead atoms. The molecule has 0 fully saturated rings. The molecule has 1 N–H and O–H groups in total. The van der Waals surface area contributed by atoms with Gasteiger partial charge in [0.25, 0.3) is 0 Å². The lowest BCUT2D eigenvalue weighted by Crippen LogP contribution is -2.20. The highest BCUT2D eigenvalue weighted by atomic mass is 127. The van der Waals surface area contributed by atoms with Crippen LogP contribution in [0.2, 0.25) is 0 Å². The molecular formula is C11H14INO3. The Morgan fingerprint density at radius 1 is 1.38 bits per heavy atom. The van der Waals surface area contributed by atoms with Crippen LogP contribution in [0.25, 0.3) is 0 Å². The summed E-state index contributed by atoms with van der Waals surface area (Å²) < 4.78 is 10.9. The highest BCUT2D eigenvalue weighted by Gasteiger charge is 2.04. The summed E-state index contributed by atoms with van der Waals surface area (Å²) in [5.41, 5.74) is 0.809.